The average Bonchev–Trinajstić information content (AvgIpc) is 2.84. The Labute approximate surface area is 117 Å². The fourth-order valence-corrected chi connectivity index (χ4v) is 2.96. The third kappa shape index (κ3) is 3.25. The zero-order valence-corrected chi connectivity index (χ0v) is 12.3. The molecule has 0 radical (unpaired) electrons. The Morgan fingerprint density at radius 2 is 2.22 bits per heavy atom. The Morgan fingerprint density at radius 1 is 1.39 bits per heavy atom. The first-order valence-corrected chi connectivity index (χ1v) is 7.18. The molecule has 3 nitrogen and oxygen atoms in total. The molecule has 1 saturated carbocycles. The Kier molecular flexibility index (Phi) is 5.03. The molecule has 2 rings (SSSR count). The van der Waals surface area contributed by atoms with Gasteiger partial charge in [-0.15, -0.1) is 0 Å². The summed E-state index contributed by atoms with van der Waals surface area (Å²) in [5.41, 5.74) is 6.84. The minimum absolute atomic E-state index is 0.304. The Balaban J connectivity index is 1.99. The molecule has 1 aliphatic rings. The number of halogens is 1. The van der Waals surface area contributed by atoms with Gasteiger partial charge in [0.15, 0.2) is 0 Å². The van der Waals surface area contributed by atoms with Crippen molar-refractivity contribution >= 4 is 15.9 Å². The van der Waals surface area contributed by atoms with Crippen molar-refractivity contribution < 1.29 is 9.47 Å². The number of benzene rings is 1. The zero-order valence-electron chi connectivity index (χ0n) is 10.7. The lowest BCUT2D eigenvalue weighted by Gasteiger charge is -2.19. The van der Waals surface area contributed by atoms with Crippen LogP contribution in [-0.2, 0) is 11.3 Å². The fourth-order valence-electron chi connectivity index (χ4n) is 2.55. The lowest BCUT2D eigenvalue weighted by atomic mass is 10.1. The highest BCUT2D eigenvalue weighted by atomic mass is 79.9. The molecule has 2 unspecified atom stereocenters. The molecule has 1 aliphatic carbocycles. The van der Waals surface area contributed by atoms with Crippen molar-refractivity contribution in [3.05, 3.63) is 28.2 Å². The van der Waals surface area contributed by atoms with Crippen LogP contribution in [0.5, 0.6) is 5.75 Å². The van der Waals surface area contributed by atoms with E-state index in [1.807, 2.05) is 18.2 Å². The SMILES string of the molecule is COc1ccc(Br)cc1COC1CCCC1CN. The second kappa shape index (κ2) is 6.55. The van der Waals surface area contributed by atoms with Gasteiger partial charge in [0.2, 0.25) is 0 Å². The molecule has 1 aromatic carbocycles. The maximum Gasteiger partial charge on any atom is 0.124 e. The normalized spacial score (nSPS) is 23.3. The first kappa shape index (κ1) is 13.8. The van der Waals surface area contributed by atoms with E-state index in [-0.39, 0.29) is 0 Å². The fraction of sp³-hybridized carbons (Fsp3) is 0.571. The van der Waals surface area contributed by atoms with Gasteiger partial charge in [-0.2, -0.15) is 0 Å². The van der Waals surface area contributed by atoms with E-state index in [9.17, 15) is 0 Å². The molecule has 4 heteroatoms. The summed E-state index contributed by atoms with van der Waals surface area (Å²) in [6.07, 6.45) is 3.84. The van der Waals surface area contributed by atoms with Crippen LogP contribution in [0.15, 0.2) is 22.7 Å². The largest absolute Gasteiger partial charge is 0.496 e. The number of ether oxygens (including phenoxy) is 2. The van der Waals surface area contributed by atoms with Crippen molar-refractivity contribution in [2.24, 2.45) is 11.7 Å². The summed E-state index contributed by atoms with van der Waals surface area (Å²) in [6, 6.07) is 5.98. The molecule has 2 N–H and O–H groups in total. The number of hydrogen-bond acceptors (Lipinski definition) is 3. The van der Waals surface area contributed by atoms with E-state index in [1.54, 1.807) is 7.11 Å². The second-order valence-electron chi connectivity index (χ2n) is 4.73. The summed E-state index contributed by atoms with van der Waals surface area (Å²) >= 11 is 3.47. The van der Waals surface area contributed by atoms with Crippen molar-refractivity contribution in [2.75, 3.05) is 13.7 Å². The minimum atomic E-state index is 0.304. The lowest BCUT2D eigenvalue weighted by molar-refractivity contribution is 0.0174. The maximum absolute atomic E-state index is 6.01. The van der Waals surface area contributed by atoms with Crippen LogP contribution in [0.4, 0.5) is 0 Å². The van der Waals surface area contributed by atoms with Gasteiger partial charge in [0.05, 0.1) is 19.8 Å². The molecule has 18 heavy (non-hydrogen) atoms. The van der Waals surface area contributed by atoms with Gasteiger partial charge in [0, 0.05) is 10.0 Å². The summed E-state index contributed by atoms with van der Waals surface area (Å²) < 4.78 is 12.4. The number of hydrogen-bond donors (Lipinski definition) is 1. The minimum Gasteiger partial charge on any atom is -0.496 e. The molecule has 0 amide bonds. The van der Waals surface area contributed by atoms with Crippen molar-refractivity contribution in [2.45, 2.75) is 32.0 Å². The topological polar surface area (TPSA) is 44.5 Å². The molecule has 0 heterocycles. The maximum atomic E-state index is 6.01. The molecule has 2 atom stereocenters. The Bertz CT molecular complexity index is 397. The molecular weight excluding hydrogens is 294 g/mol. The van der Waals surface area contributed by atoms with Gasteiger partial charge < -0.3 is 15.2 Å². The molecule has 0 saturated heterocycles. The van der Waals surface area contributed by atoms with Crippen LogP contribution in [0.3, 0.4) is 0 Å². The predicted molar refractivity (Wildman–Crippen MR) is 75.7 cm³/mol. The van der Waals surface area contributed by atoms with Gasteiger partial charge in [-0.1, -0.05) is 22.4 Å². The number of rotatable bonds is 5. The molecule has 100 valence electrons. The monoisotopic (exact) mass is 313 g/mol. The number of nitrogens with two attached hydrogens (primary N) is 1. The van der Waals surface area contributed by atoms with Crippen LogP contribution in [0.25, 0.3) is 0 Å². The third-order valence-corrected chi connectivity index (χ3v) is 4.08. The molecule has 0 aliphatic heterocycles. The van der Waals surface area contributed by atoms with Crippen LogP contribution >= 0.6 is 15.9 Å². The Morgan fingerprint density at radius 3 is 2.94 bits per heavy atom. The van der Waals surface area contributed by atoms with Crippen molar-refractivity contribution in [1.82, 2.24) is 0 Å². The first-order chi connectivity index (χ1) is 8.74. The predicted octanol–water partition coefficient (Wildman–Crippen LogP) is 3.10. The quantitative estimate of drug-likeness (QED) is 0.908. The Hall–Kier alpha value is -0.580. The first-order valence-electron chi connectivity index (χ1n) is 6.38. The highest BCUT2D eigenvalue weighted by molar-refractivity contribution is 9.10. The van der Waals surface area contributed by atoms with Gasteiger partial charge >= 0.3 is 0 Å². The van der Waals surface area contributed by atoms with Crippen molar-refractivity contribution in [3.8, 4) is 5.75 Å². The van der Waals surface area contributed by atoms with Crippen LogP contribution < -0.4 is 10.5 Å². The smallest absolute Gasteiger partial charge is 0.124 e. The van der Waals surface area contributed by atoms with E-state index in [0.717, 1.165) is 28.8 Å². The lowest BCUT2D eigenvalue weighted by Crippen LogP contribution is -2.25. The van der Waals surface area contributed by atoms with Crippen LogP contribution in [-0.4, -0.2) is 19.8 Å². The molecule has 1 fully saturated rings. The van der Waals surface area contributed by atoms with Crippen LogP contribution in [0.1, 0.15) is 24.8 Å². The molecule has 0 bridgehead atoms. The van der Waals surface area contributed by atoms with E-state index >= 15 is 0 Å². The van der Waals surface area contributed by atoms with Crippen molar-refractivity contribution in [1.29, 1.82) is 0 Å². The van der Waals surface area contributed by atoms with E-state index in [0.29, 0.717) is 18.6 Å². The highest BCUT2D eigenvalue weighted by Crippen LogP contribution is 2.30. The van der Waals surface area contributed by atoms with Gasteiger partial charge in [-0.3, -0.25) is 0 Å². The van der Waals surface area contributed by atoms with E-state index in [4.69, 9.17) is 15.2 Å². The van der Waals surface area contributed by atoms with E-state index in [2.05, 4.69) is 15.9 Å². The summed E-state index contributed by atoms with van der Waals surface area (Å²) in [4.78, 5) is 0. The van der Waals surface area contributed by atoms with Gasteiger partial charge in [-0.25, -0.2) is 0 Å². The third-order valence-electron chi connectivity index (χ3n) is 3.59. The average molecular weight is 314 g/mol. The summed E-state index contributed by atoms with van der Waals surface area (Å²) in [5, 5.41) is 0. The van der Waals surface area contributed by atoms with Crippen LogP contribution in [0.2, 0.25) is 0 Å². The standard InChI is InChI=1S/C14H20BrNO2/c1-17-13-6-5-12(15)7-11(13)9-18-14-4-2-3-10(14)8-16/h5-7,10,14H,2-4,8-9,16H2,1H3. The summed E-state index contributed by atoms with van der Waals surface area (Å²) in [7, 11) is 1.69. The summed E-state index contributed by atoms with van der Waals surface area (Å²) in [5.74, 6) is 1.39. The van der Waals surface area contributed by atoms with E-state index in [1.165, 1.54) is 12.8 Å². The molecule has 0 spiro atoms. The van der Waals surface area contributed by atoms with Gasteiger partial charge in [-0.05, 0) is 43.5 Å². The van der Waals surface area contributed by atoms with Gasteiger partial charge in [0.25, 0.3) is 0 Å². The van der Waals surface area contributed by atoms with Crippen molar-refractivity contribution in [3.63, 3.8) is 0 Å². The zero-order chi connectivity index (χ0) is 13.0. The van der Waals surface area contributed by atoms with E-state index < -0.39 is 0 Å². The highest BCUT2D eigenvalue weighted by Gasteiger charge is 2.26. The summed E-state index contributed by atoms with van der Waals surface area (Å²) in [6.45, 7) is 1.31. The molecular formula is C14H20BrNO2. The molecule has 0 aromatic heterocycles. The second-order valence-corrected chi connectivity index (χ2v) is 5.65. The van der Waals surface area contributed by atoms with Crippen LogP contribution in [0, 0.1) is 5.92 Å². The number of methoxy groups -OCH3 is 1. The molecule has 1 aromatic rings. The van der Waals surface area contributed by atoms with Gasteiger partial charge in [0.1, 0.15) is 5.75 Å².